The number of hydrogen-bond acceptors (Lipinski definition) is 6. The maximum atomic E-state index is 12.3. The van der Waals surface area contributed by atoms with E-state index in [0.717, 1.165) is 18.4 Å². The van der Waals surface area contributed by atoms with E-state index < -0.39 is 0 Å². The van der Waals surface area contributed by atoms with Crippen LogP contribution in [0.2, 0.25) is 0 Å². The van der Waals surface area contributed by atoms with E-state index in [-0.39, 0.29) is 24.3 Å². The molecule has 29 heavy (non-hydrogen) atoms. The number of carbonyl (C=O) groups excluding carboxylic acids is 2. The highest BCUT2D eigenvalue weighted by Crippen LogP contribution is 2.32. The van der Waals surface area contributed by atoms with Crippen molar-refractivity contribution in [3.63, 3.8) is 0 Å². The molecule has 0 bridgehead atoms. The number of morpholine rings is 1. The topological polar surface area (TPSA) is 80.8 Å². The van der Waals surface area contributed by atoms with Gasteiger partial charge in [0.1, 0.15) is 5.75 Å². The maximum absolute atomic E-state index is 12.3. The van der Waals surface area contributed by atoms with Crippen LogP contribution in [0.3, 0.4) is 0 Å². The molecule has 1 saturated heterocycles. The number of carbonyl (C=O) groups is 2. The Balaban J connectivity index is 1.66. The van der Waals surface area contributed by atoms with Gasteiger partial charge in [0.05, 0.1) is 18.9 Å². The van der Waals surface area contributed by atoms with E-state index >= 15 is 0 Å². The Morgan fingerprint density at radius 3 is 2.69 bits per heavy atom. The van der Waals surface area contributed by atoms with Crippen molar-refractivity contribution in [1.82, 2.24) is 9.88 Å². The van der Waals surface area contributed by atoms with E-state index in [1.807, 2.05) is 43.5 Å². The predicted octanol–water partition coefficient (Wildman–Crippen LogP) is 3.42. The van der Waals surface area contributed by atoms with Crippen LogP contribution in [0, 0.1) is 5.92 Å². The molecule has 3 rings (SSSR count). The molecule has 8 heteroatoms. The van der Waals surface area contributed by atoms with E-state index in [1.54, 1.807) is 4.90 Å². The van der Waals surface area contributed by atoms with Gasteiger partial charge in [0.2, 0.25) is 5.91 Å². The number of rotatable bonds is 8. The molecule has 7 nitrogen and oxygen atoms in total. The van der Waals surface area contributed by atoms with Crippen LogP contribution in [0.15, 0.2) is 29.6 Å². The van der Waals surface area contributed by atoms with Crippen molar-refractivity contribution >= 4 is 28.3 Å². The number of nitrogens with one attached hydrogen (secondary N) is 1. The van der Waals surface area contributed by atoms with Gasteiger partial charge in [0.25, 0.3) is 5.91 Å². The summed E-state index contributed by atoms with van der Waals surface area (Å²) in [5.74, 6) is 0.525. The molecule has 1 fully saturated rings. The highest BCUT2D eigenvalue weighted by atomic mass is 32.1. The quantitative estimate of drug-likeness (QED) is 0.712. The monoisotopic (exact) mass is 417 g/mol. The minimum atomic E-state index is -0.0560. The Morgan fingerprint density at radius 1 is 1.24 bits per heavy atom. The second-order valence-corrected chi connectivity index (χ2v) is 7.68. The van der Waals surface area contributed by atoms with Gasteiger partial charge in [-0.25, -0.2) is 4.98 Å². The van der Waals surface area contributed by atoms with Crippen LogP contribution in [0.25, 0.3) is 11.3 Å². The summed E-state index contributed by atoms with van der Waals surface area (Å²) >= 11 is 1.38. The largest absolute Gasteiger partial charge is 0.483 e. The third-order valence-corrected chi connectivity index (χ3v) is 5.73. The minimum Gasteiger partial charge on any atom is -0.483 e. The van der Waals surface area contributed by atoms with Gasteiger partial charge in [-0.2, -0.15) is 0 Å². The normalized spacial score (nSPS) is 14.1. The van der Waals surface area contributed by atoms with Crippen molar-refractivity contribution < 1.29 is 19.1 Å². The van der Waals surface area contributed by atoms with Crippen LogP contribution in [-0.4, -0.2) is 54.6 Å². The van der Waals surface area contributed by atoms with Crippen molar-refractivity contribution in [2.45, 2.75) is 26.7 Å². The molecule has 0 aliphatic carbocycles. The van der Waals surface area contributed by atoms with Crippen molar-refractivity contribution in [3.8, 4) is 17.0 Å². The third kappa shape index (κ3) is 5.55. The van der Waals surface area contributed by atoms with Crippen molar-refractivity contribution in [3.05, 3.63) is 29.6 Å². The summed E-state index contributed by atoms with van der Waals surface area (Å²) in [6.45, 7) is 6.29. The first-order chi connectivity index (χ1) is 14.1. The lowest BCUT2D eigenvalue weighted by Gasteiger charge is -2.26. The summed E-state index contributed by atoms with van der Waals surface area (Å²) in [5.41, 5.74) is 1.51. The summed E-state index contributed by atoms with van der Waals surface area (Å²) in [4.78, 5) is 30.9. The first-order valence-electron chi connectivity index (χ1n) is 9.96. The number of anilines is 1. The number of amides is 2. The van der Waals surface area contributed by atoms with Crippen LogP contribution in [0.1, 0.15) is 26.7 Å². The molecule has 0 spiro atoms. The molecular formula is C21H27N3O4S. The Hall–Kier alpha value is -2.45. The van der Waals surface area contributed by atoms with Crippen LogP contribution in [-0.2, 0) is 14.3 Å². The van der Waals surface area contributed by atoms with E-state index in [1.165, 1.54) is 11.3 Å². The van der Waals surface area contributed by atoms with Crippen LogP contribution in [0.5, 0.6) is 5.75 Å². The summed E-state index contributed by atoms with van der Waals surface area (Å²) < 4.78 is 11.1. The summed E-state index contributed by atoms with van der Waals surface area (Å²) in [5, 5.41) is 5.35. The Bertz CT molecular complexity index is 829. The zero-order valence-electron chi connectivity index (χ0n) is 16.8. The minimum absolute atomic E-state index is 0.00320. The second-order valence-electron chi connectivity index (χ2n) is 6.82. The average molecular weight is 418 g/mol. The number of hydrogen-bond donors (Lipinski definition) is 1. The Labute approximate surface area is 175 Å². The van der Waals surface area contributed by atoms with Gasteiger partial charge < -0.3 is 19.7 Å². The molecule has 0 unspecified atom stereocenters. The molecule has 1 N–H and O–H groups in total. The van der Waals surface area contributed by atoms with Crippen LogP contribution >= 0.6 is 11.3 Å². The molecule has 1 aromatic carbocycles. The molecule has 0 atom stereocenters. The Kier molecular flexibility index (Phi) is 7.60. The third-order valence-electron chi connectivity index (χ3n) is 4.97. The van der Waals surface area contributed by atoms with Gasteiger partial charge in [0, 0.05) is 30.0 Å². The second kappa shape index (κ2) is 10.4. The zero-order valence-corrected chi connectivity index (χ0v) is 17.7. The van der Waals surface area contributed by atoms with Crippen LogP contribution < -0.4 is 10.1 Å². The van der Waals surface area contributed by atoms with Crippen molar-refractivity contribution in [1.29, 1.82) is 0 Å². The number of ether oxygens (including phenoxy) is 2. The van der Waals surface area contributed by atoms with Gasteiger partial charge in [-0.3, -0.25) is 9.59 Å². The molecule has 1 aliphatic rings. The molecule has 1 aliphatic heterocycles. The SMILES string of the molecule is CCC(CC)C(=O)Nc1nc(-c2ccccc2OCC(=O)N2CCOCC2)cs1. The van der Waals surface area contributed by atoms with Crippen LogP contribution in [0.4, 0.5) is 5.13 Å². The fraction of sp³-hybridized carbons (Fsp3) is 0.476. The zero-order chi connectivity index (χ0) is 20.6. The average Bonchev–Trinajstić information content (AvgIpc) is 3.22. The lowest BCUT2D eigenvalue weighted by Crippen LogP contribution is -2.43. The molecule has 0 saturated carbocycles. The number of benzene rings is 1. The van der Waals surface area contributed by atoms with Gasteiger partial charge in [0.15, 0.2) is 11.7 Å². The van der Waals surface area contributed by atoms with Gasteiger partial charge in [-0.15, -0.1) is 11.3 Å². The Morgan fingerprint density at radius 2 is 1.97 bits per heavy atom. The van der Waals surface area contributed by atoms with Crippen molar-refractivity contribution in [2.24, 2.45) is 5.92 Å². The van der Waals surface area contributed by atoms with Crippen molar-refractivity contribution in [2.75, 3.05) is 38.2 Å². The van der Waals surface area contributed by atoms with Gasteiger partial charge >= 0.3 is 0 Å². The molecule has 0 radical (unpaired) electrons. The highest BCUT2D eigenvalue weighted by Gasteiger charge is 2.19. The first-order valence-corrected chi connectivity index (χ1v) is 10.8. The molecule has 1 aromatic heterocycles. The fourth-order valence-electron chi connectivity index (χ4n) is 3.17. The van der Waals surface area contributed by atoms with Gasteiger partial charge in [-0.1, -0.05) is 26.0 Å². The standard InChI is InChI=1S/C21H27N3O4S/c1-3-15(4-2)20(26)23-21-22-17(14-29-21)16-7-5-6-8-18(16)28-13-19(25)24-9-11-27-12-10-24/h5-8,14-15H,3-4,9-13H2,1-2H3,(H,22,23,26). The van der Waals surface area contributed by atoms with E-state index in [2.05, 4.69) is 10.3 Å². The molecular weight excluding hydrogens is 390 g/mol. The summed E-state index contributed by atoms with van der Waals surface area (Å²) in [6.07, 6.45) is 1.60. The molecule has 2 heterocycles. The van der Waals surface area contributed by atoms with E-state index in [4.69, 9.17) is 9.47 Å². The highest BCUT2D eigenvalue weighted by molar-refractivity contribution is 7.14. The predicted molar refractivity (Wildman–Crippen MR) is 113 cm³/mol. The number of thiazole rings is 1. The number of aromatic nitrogens is 1. The smallest absolute Gasteiger partial charge is 0.260 e. The number of para-hydroxylation sites is 1. The number of nitrogens with zero attached hydrogens (tertiary/aromatic N) is 2. The van der Waals surface area contributed by atoms with Gasteiger partial charge in [-0.05, 0) is 25.0 Å². The molecule has 156 valence electrons. The lowest BCUT2D eigenvalue weighted by molar-refractivity contribution is -0.137. The van der Waals surface area contributed by atoms with E-state index in [9.17, 15) is 9.59 Å². The molecule has 2 aromatic rings. The molecule has 2 amide bonds. The fourth-order valence-corrected chi connectivity index (χ4v) is 3.88. The lowest BCUT2D eigenvalue weighted by atomic mass is 10.0. The summed E-state index contributed by atoms with van der Waals surface area (Å²) in [7, 11) is 0. The summed E-state index contributed by atoms with van der Waals surface area (Å²) in [6, 6.07) is 7.48. The first kappa shape index (κ1) is 21.3. The maximum Gasteiger partial charge on any atom is 0.260 e. The van der Waals surface area contributed by atoms with E-state index in [0.29, 0.717) is 42.9 Å².